The van der Waals surface area contributed by atoms with Crippen molar-refractivity contribution in [3.63, 3.8) is 0 Å². The van der Waals surface area contributed by atoms with Gasteiger partial charge in [0, 0.05) is 4.90 Å². The van der Waals surface area contributed by atoms with Gasteiger partial charge in [-0.1, -0.05) is 56.2 Å². The van der Waals surface area contributed by atoms with Gasteiger partial charge in [-0.05, 0) is 18.4 Å². The van der Waals surface area contributed by atoms with E-state index in [0.29, 0.717) is 0 Å². The highest BCUT2D eigenvalue weighted by Crippen LogP contribution is 2.22. The highest BCUT2D eigenvalue weighted by molar-refractivity contribution is 7.98. The molecule has 0 amide bonds. The van der Waals surface area contributed by atoms with E-state index in [0.717, 1.165) is 0 Å². The average Bonchev–Trinajstić information content (AvgIpc) is 2.32. The number of benzene rings is 1. The summed E-state index contributed by atoms with van der Waals surface area (Å²) in [7, 11) is -1.15. The molecule has 0 aliphatic heterocycles. The maximum Gasteiger partial charge on any atom is 0.0859 e. The summed E-state index contributed by atoms with van der Waals surface area (Å²) in [5.74, 6) is 0. The van der Waals surface area contributed by atoms with E-state index < -0.39 is 8.07 Å². The average molecular weight is 238 g/mol. The zero-order valence-corrected chi connectivity index (χ0v) is 12.2. The second-order valence-corrected chi connectivity index (χ2v) is 10.2. The fourth-order valence-corrected chi connectivity index (χ4v) is 6.52. The number of hydrogen-bond acceptors (Lipinski definition) is 1. The van der Waals surface area contributed by atoms with Gasteiger partial charge in [-0.25, -0.2) is 0 Å². The molecule has 84 valence electrons. The van der Waals surface area contributed by atoms with Crippen LogP contribution in [0.4, 0.5) is 0 Å². The van der Waals surface area contributed by atoms with Crippen molar-refractivity contribution in [3.05, 3.63) is 24.3 Å². The van der Waals surface area contributed by atoms with Gasteiger partial charge in [0.1, 0.15) is 0 Å². The van der Waals surface area contributed by atoms with E-state index in [1.807, 2.05) is 11.8 Å². The molecule has 1 aromatic rings. The van der Waals surface area contributed by atoms with Crippen molar-refractivity contribution < 1.29 is 0 Å². The zero-order chi connectivity index (χ0) is 11.3. The van der Waals surface area contributed by atoms with Gasteiger partial charge in [0.2, 0.25) is 0 Å². The van der Waals surface area contributed by atoms with Gasteiger partial charge in [-0.15, -0.1) is 11.8 Å². The van der Waals surface area contributed by atoms with E-state index in [2.05, 4.69) is 51.3 Å². The van der Waals surface area contributed by atoms with Crippen LogP contribution in [0, 0.1) is 0 Å². The molecule has 0 saturated heterocycles. The molecule has 0 saturated carbocycles. The molecular formula is C13H22SSi. The highest BCUT2D eigenvalue weighted by atomic mass is 32.2. The fraction of sp³-hybridized carbons (Fsp3) is 0.538. The van der Waals surface area contributed by atoms with Crippen molar-refractivity contribution in [3.8, 4) is 0 Å². The van der Waals surface area contributed by atoms with Crippen LogP contribution in [0.3, 0.4) is 0 Å². The lowest BCUT2D eigenvalue weighted by Gasteiger charge is -2.28. The Hall–Kier alpha value is -0.213. The van der Waals surface area contributed by atoms with Gasteiger partial charge in [-0.3, -0.25) is 0 Å². The van der Waals surface area contributed by atoms with Crippen LogP contribution in [-0.2, 0) is 0 Å². The SMILES string of the molecule is CC[Si](CC)(CC)c1cccc(SC)c1. The van der Waals surface area contributed by atoms with Gasteiger partial charge >= 0.3 is 0 Å². The van der Waals surface area contributed by atoms with E-state index in [1.54, 1.807) is 5.19 Å². The Morgan fingerprint density at radius 2 is 1.67 bits per heavy atom. The molecule has 0 nitrogen and oxygen atoms in total. The van der Waals surface area contributed by atoms with E-state index in [4.69, 9.17) is 0 Å². The Labute approximate surface area is 99.5 Å². The smallest absolute Gasteiger partial charge is 0.0859 e. The lowest BCUT2D eigenvalue weighted by atomic mass is 10.4. The Bertz CT molecular complexity index is 297. The highest BCUT2D eigenvalue weighted by Gasteiger charge is 2.28. The summed E-state index contributed by atoms with van der Waals surface area (Å²) in [6, 6.07) is 13.3. The first-order valence-electron chi connectivity index (χ1n) is 5.87. The normalized spacial score (nSPS) is 11.7. The molecule has 0 N–H and O–H groups in total. The second kappa shape index (κ2) is 5.76. The van der Waals surface area contributed by atoms with Crippen LogP contribution < -0.4 is 5.19 Å². The summed E-state index contributed by atoms with van der Waals surface area (Å²) >= 11 is 1.85. The van der Waals surface area contributed by atoms with Gasteiger partial charge in [0.05, 0.1) is 8.07 Å². The molecule has 0 fully saturated rings. The van der Waals surface area contributed by atoms with E-state index in [-0.39, 0.29) is 0 Å². The third kappa shape index (κ3) is 2.67. The third-order valence-electron chi connectivity index (χ3n) is 3.71. The predicted molar refractivity (Wildman–Crippen MR) is 75.1 cm³/mol. The Kier molecular flexibility index (Phi) is 4.93. The largest absolute Gasteiger partial charge is 0.130 e. The maximum absolute atomic E-state index is 2.42. The Morgan fingerprint density at radius 1 is 1.07 bits per heavy atom. The van der Waals surface area contributed by atoms with Crippen molar-refractivity contribution in [2.45, 2.75) is 43.8 Å². The molecule has 0 aliphatic carbocycles. The molecule has 1 aromatic carbocycles. The molecule has 15 heavy (non-hydrogen) atoms. The van der Waals surface area contributed by atoms with Crippen LogP contribution >= 0.6 is 11.8 Å². The third-order valence-corrected chi connectivity index (χ3v) is 10.0. The van der Waals surface area contributed by atoms with E-state index in [1.165, 1.54) is 23.0 Å². The van der Waals surface area contributed by atoms with Crippen LogP contribution in [0.5, 0.6) is 0 Å². The first-order valence-corrected chi connectivity index (χ1v) is 9.71. The molecule has 0 radical (unpaired) electrons. The first kappa shape index (κ1) is 12.9. The molecule has 0 aromatic heterocycles. The van der Waals surface area contributed by atoms with E-state index >= 15 is 0 Å². The minimum atomic E-state index is -1.15. The molecule has 0 heterocycles. The summed E-state index contributed by atoms with van der Waals surface area (Å²) in [6.45, 7) is 7.10. The summed E-state index contributed by atoms with van der Waals surface area (Å²) in [5, 5.41) is 1.65. The van der Waals surface area contributed by atoms with E-state index in [9.17, 15) is 0 Å². The minimum absolute atomic E-state index is 1.15. The molecule has 0 spiro atoms. The Balaban J connectivity index is 3.10. The summed E-state index contributed by atoms with van der Waals surface area (Å²) < 4.78 is 0. The van der Waals surface area contributed by atoms with Crippen LogP contribution in [0.25, 0.3) is 0 Å². The summed E-state index contributed by atoms with van der Waals surface area (Å²) in [5.41, 5.74) is 0. The van der Waals surface area contributed by atoms with Crippen molar-refractivity contribution >= 4 is 25.0 Å². The molecule has 0 atom stereocenters. The first-order chi connectivity index (χ1) is 7.22. The van der Waals surface area contributed by atoms with Crippen LogP contribution in [0.2, 0.25) is 18.1 Å². The summed E-state index contributed by atoms with van der Waals surface area (Å²) in [4.78, 5) is 1.42. The van der Waals surface area contributed by atoms with Gasteiger partial charge in [0.15, 0.2) is 0 Å². The standard InChI is InChI=1S/C13H22SSi/c1-5-15(6-2,7-3)13-10-8-9-12(11-13)14-4/h8-11H,5-7H2,1-4H3. The number of rotatable bonds is 5. The fourth-order valence-electron chi connectivity index (χ4n) is 2.32. The topological polar surface area (TPSA) is 0 Å². The zero-order valence-electron chi connectivity index (χ0n) is 10.3. The van der Waals surface area contributed by atoms with Crippen molar-refractivity contribution in [2.75, 3.05) is 6.26 Å². The monoisotopic (exact) mass is 238 g/mol. The molecule has 1 rings (SSSR count). The molecule has 0 unspecified atom stereocenters. The predicted octanol–water partition coefficient (Wildman–Crippen LogP) is 4.12. The second-order valence-electron chi connectivity index (χ2n) is 4.07. The minimum Gasteiger partial charge on any atom is -0.130 e. The molecule has 0 bridgehead atoms. The van der Waals surface area contributed by atoms with Gasteiger partial charge in [-0.2, -0.15) is 0 Å². The van der Waals surface area contributed by atoms with Crippen LogP contribution in [0.15, 0.2) is 29.2 Å². The number of hydrogen-bond donors (Lipinski definition) is 0. The number of thioether (sulfide) groups is 1. The lowest BCUT2D eigenvalue weighted by molar-refractivity contribution is 1.19. The maximum atomic E-state index is 2.42. The van der Waals surface area contributed by atoms with Crippen molar-refractivity contribution in [1.82, 2.24) is 0 Å². The van der Waals surface area contributed by atoms with Gasteiger partial charge in [0.25, 0.3) is 0 Å². The summed E-state index contributed by atoms with van der Waals surface area (Å²) in [6.07, 6.45) is 2.16. The quantitative estimate of drug-likeness (QED) is 0.549. The van der Waals surface area contributed by atoms with Crippen molar-refractivity contribution in [2.24, 2.45) is 0 Å². The van der Waals surface area contributed by atoms with Crippen molar-refractivity contribution in [1.29, 1.82) is 0 Å². The molecule has 2 heteroatoms. The Morgan fingerprint density at radius 3 is 2.13 bits per heavy atom. The lowest BCUT2D eigenvalue weighted by Crippen LogP contribution is -2.45. The van der Waals surface area contributed by atoms with Crippen LogP contribution in [0.1, 0.15) is 20.8 Å². The van der Waals surface area contributed by atoms with Gasteiger partial charge < -0.3 is 0 Å². The van der Waals surface area contributed by atoms with Crippen LogP contribution in [-0.4, -0.2) is 14.3 Å². The molecule has 0 aliphatic rings. The molecular weight excluding hydrogens is 216 g/mol.